The quantitative estimate of drug-likeness (QED) is 0.653. The fraction of sp³-hybridized carbons (Fsp3) is 0.619. The van der Waals surface area contributed by atoms with Crippen molar-refractivity contribution in [3.05, 3.63) is 17.4 Å². The van der Waals surface area contributed by atoms with E-state index in [1.165, 1.54) is 4.90 Å². The maximum absolute atomic E-state index is 15.7. The molecule has 1 atom stereocenters. The molecule has 1 fully saturated rings. The third-order valence-corrected chi connectivity index (χ3v) is 6.60. The van der Waals surface area contributed by atoms with Crippen LogP contribution >= 0.6 is 0 Å². The summed E-state index contributed by atoms with van der Waals surface area (Å²) in [4.78, 5) is 28.0. The van der Waals surface area contributed by atoms with E-state index in [9.17, 15) is 23.1 Å². The molecule has 0 radical (unpaired) electrons. The maximum atomic E-state index is 15.7. The average molecular weight is 487 g/mol. The molecule has 3 rings (SSSR count). The van der Waals surface area contributed by atoms with E-state index >= 15 is 4.39 Å². The van der Waals surface area contributed by atoms with Crippen LogP contribution in [-0.4, -0.2) is 68.7 Å². The number of nitrogens with one attached hydrogen (secondary N) is 1. The van der Waals surface area contributed by atoms with Gasteiger partial charge in [0.2, 0.25) is 0 Å². The minimum Gasteiger partial charge on any atom is -0.506 e. The van der Waals surface area contributed by atoms with Crippen molar-refractivity contribution in [3.8, 4) is 5.75 Å². The fourth-order valence-electron chi connectivity index (χ4n) is 4.23. The molecule has 0 unspecified atom stereocenters. The average Bonchev–Trinajstić information content (AvgIpc) is 3.08. The smallest absolute Gasteiger partial charge is 0.415 e. The molecule has 33 heavy (non-hydrogen) atoms. The SMILES string of the molecule is CC(C)CN(C)C[C@H]1Cc2c(cc(O)c(N3CC(=O)NS3(=O)=O)c2F)N1C(=O)OC(C)(C)C. The Morgan fingerprint density at radius 3 is 2.55 bits per heavy atom. The van der Waals surface area contributed by atoms with Crippen LogP contribution in [0.25, 0.3) is 0 Å². The summed E-state index contributed by atoms with van der Waals surface area (Å²) >= 11 is 0. The van der Waals surface area contributed by atoms with Crippen molar-refractivity contribution in [3.63, 3.8) is 0 Å². The summed E-state index contributed by atoms with van der Waals surface area (Å²) in [5, 5.41) is 10.6. The Morgan fingerprint density at radius 1 is 1.39 bits per heavy atom. The van der Waals surface area contributed by atoms with Crippen LogP contribution in [0.4, 0.5) is 20.6 Å². The normalized spacial score (nSPS) is 19.9. The van der Waals surface area contributed by atoms with E-state index in [-0.39, 0.29) is 17.7 Å². The van der Waals surface area contributed by atoms with Crippen molar-refractivity contribution in [1.29, 1.82) is 0 Å². The minimum absolute atomic E-state index is 0.0751. The van der Waals surface area contributed by atoms with Gasteiger partial charge in [-0.3, -0.25) is 9.69 Å². The van der Waals surface area contributed by atoms with Gasteiger partial charge >= 0.3 is 16.3 Å². The summed E-state index contributed by atoms with van der Waals surface area (Å²) in [5.41, 5.74) is -1.23. The zero-order valence-electron chi connectivity index (χ0n) is 19.7. The highest BCUT2D eigenvalue weighted by Gasteiger charge is 2.43. The zero-order chi connectivity index (χ0) is 24.9. The molecule has 1 saturated heterocycles. The van der Waals surface area contributed by atoms with Gasteiger partial charge in [-0.1, -0.05) is 13.8 Å². The van der Waals surface area contributed by atoms with Crippen molar-refractivity contribution in [1.82, 2.24) is 9.62 Å². The number of fused-ring (bicyclic) bond motifs is 1. The van der Waals surface area contributed by atoms with Crippen molar-refractivity contribution < 1.29 is 32.2 Å². The number of carbonyl (C=O) groups excluding carboxylic acids is 2. The molecule has 2 N–H and O–H groups in total. The van der Waals surface area contributed by atoms with Gasteiger partial charge in [-0.2, -0.15) is 8.42 Å². The summed E-state index contributed by atoms with van der Waals surface area (Å²) in [6, 6.07) is 0.649. The number of halogens is 1. The number of phenolic OH excluding ortho intramolecular Hbond substituents is 1. The molecule has 2 amide bonds. The van der Waals surface area contributed by atoms with Gasteiger partial charge < -0.3 is 14.7 Å². The second-order valence-corrected chi connectivity index (χ2v) is 11.5. The van der Waals surface area contributed by atoms with Crippen LogP contribution in [0.1, 0.15) is 40.2 Å². The highest BCUT2D eigenvalue weighted by atomic mass is 32.2. The number of hydrogen-bond donors (Lipinski definition) is 2. The Balaban J connectivity index is 2.06. The van der Waals surface area contributed by atoms with Crippen LogP contribution in [0.3, 0.4) is 0 Å². The molecule has 10 nitrogen and oxygen atoms in total. The lowest BCUT2D eigenvalue weighted by molar-refractivity contribution is -0.117. The molecule has 2 aliphatic heterocycles. The van der Waals surface area contributed by atoms with Crippen LogP contribution in [-0.2, 0) is 26.2 Å². The molecule has 0 saturated carbocycles. The summed E-state index contributed by atoms with van der Waals surface area (Å²) in [6.07, 6.45) is -0.604. The standard InChI is InChI=1S/C21H31FN4O6S/c1-12(2)9-24(6)10-13-7-14-15(26(13)20(29)32-21(3,4)5)8-16(27)19(18(14)22)25-11-17(28)23-33(25,30)31/h8,12-13,27H,7,9-11H2,1-6H3,(H,23,28)/t13-/m1/s1. The topological polar surface area (TPSA) is 119 Å². The van der Waals surface area contributed by atoms with Crippen LogP contribution in [0, 0.1) is 11.7 Å². The number of carbonyl (C=O) groups is 2. The minimum atomic E-state index is -4.33. The van der Waals surface area contributed by atoms with Crippen LogP contribution in [0.5, 0.6) is 5.75 Å². The second kappa shape index (κ2) is 8.64. The van der Waals surface area contributed by atoms with Gasteiger partial charge in [0, 0.05) is 24.7 Å². The predicted octanol–water partition coefficient (Wildman–Crippen LogP) is 1.97. The number of anilines is 2. The number of likely N-dealkylation sites (N-methyl/N-ethyl adjacent to an activating group) is 1. The Morgan fingerprint density at radius 2 is 2.03 bits per heavy atom. The molecular weight excluding hydrogens is 455 g/mol. The number of benzene rings is 1. The zero-order valence-corrected chi connectivity index (χ0v) is 20.5. The van der Waals surface area contributed by atoms with Crippen LogP contribution in [0.2, 0.25) is 0 Å². The number of hydrogen-bond acceptors (Lipinski definition) is 7. The Bertz CT molecular complexity index is 1070. The van der Waals surface area contributed by atoms with E-state index in [1.807, 2.05) is 11.9 Å². The third-order valence-electron chi connectivity index (χ3n) is 5.22. The third kappa shape index (κ3) is 5.16. The molecule has 12 heteroatoms. The van der Waals surface area contributed by atoms with Crippen LogP contribution in [0.15, 0.2) is 6.07 Å². The fourth-order valence-corrected chi connectivity index (χ4v) is 5.39. The molecule has 184 valence electrons. The van der Waals surface area contributed by atoms with E-state index in [1.54, 1.807) is 25.5 Å². The summed E-state index contributed by atoms with van der Waals surface area (Å²) in [6.45, 7) is 9.75. The number of rotatable bonds is 5. The van der Waals surface area contributed by atoms with E-state index in [0.29, 0.717) is 16.8 Å². The van der Waals surface area contributed by atoms with Gasteiger partial charge in [0.15, 0.2) is 5.82 Å². The lowest BCUT2D eigenvalue weighted by Crippen LogP contribution is -2.46. The maximum Gasteiger partial charge on any atom is 0.415 e. The van der Waals surface area contributed by atoms with Gasteiger partial charge in [0.1, 0.15) is 23.6 Å². The van der Waals surface area contributed by atoms with Gasteiger partial charge in [-0.05, 0) is 40.2 Å². The van der Waals surface area contributed by atoms with Crippen molar-refractivity contribution in [2.75, 3.05) is 35.9 Å². The van der Waals surface area contributed by atoms with Crippen molar-refractivity contribution >= 4 is 33.6 Å². The van der Waals surface area contributed by atoms with E-state index < -0.39 is 57.7 Å². The van der Waals surface area contributed by atoms with Crippen molar-refractivity contribution in [2.24, 2.45) is 5.92 Å². The molecular formula is C21H31FN4O6S. The Labute approximate surface area is 193 Å². The number of aromatic hydroxyl groups is 1. The predicted molar refractivity (Wildman–Crippen MR) is 121 cm³/mol. The molecule has 0 aliphatic carbocycles. The van der Waals surface area contributed by atoms with E-state index in [0.717, 1.165) is 12.6 Å². The summed E-state index contributed by atoms with van der Waals surface area (Å²) < 4.78 is 47.9. The van der Waals surface area contributed by atoms with Crippen LogP contribution < -0.4 is 13.9 Å². The Hall–Kier alpha value is -2.60. The number of amides is 2. The summed E-state index contributed by atoms with van der Waals surface area (Å²) in [5.74, 6) is -2.16. The number of phenols is 1. The van der Waals surface area contributed by atoms with Gasteiger partial charge in [0.05, 0.1) is 11.7 Å². The Kier molecular flexibility index (Phi) is 6.55. The molecule has 1 aromatic carbocycles. The molecule has 1 aromatic rings. The highest BCUT2D eigenvalue weighted by Crippen LogP contribution is 2.45. The lowest BCUT2D eigenvalue weighted by Gasteiger charge is -2.31. The lowest BCUT2D eigenvalue weighted by atomic mass is 10.1. The van der Waals surface area contributed by atoms with Gasteiger partial charge in [-0.15, -0.1) is 0 Å². The monoisotopic (exact) mass is 486 g/mol. The van der Waals surface area contributed by atoms with Gasteiger partial charge in [-0.25, -0.2) is 18.2 Å². The van der Waals surface area contributed by atoms with Crippen molar-refractivity contribution in [2.45, 2.75) is 52.7 Å². The number of ether oxygens (including phenoxy) is 1. The first-order chi connectivity index (χ1) is 15.1. The summed E-state index contributed by atoms with van der Waals surface area (Å²) in [7, 11) is -2.44. The first-order valence-electron chi connectivity index (χ1n) is 10.7. The largest absolute Gasteiger partial charge is 0.506 e. The molecule has 0 spiro atoms. The van der Waals surface area contributed by atoms with Gasteiger partial charge in [0.25, 0.3) is 5.91 Å². The molecule has 0 bridgehead atoms. The van der Waals surface area contributed by atoms with E-state index in [4.69, 9.17) is 4.74 Å². The van der Waals surface area contributed by atoms with E-state index in [2.05, 4.69) is 13.8 Å². The molecule has 2 heterocycles. The highest BCUT2D eigenvalue weighted by molar-refractivity contribution is 7.92. The second-order valence-electron chi connectivity index (χ2n) is 9.92. The first-order valence-corrected chi connectivity index (χ1v) is 12.1. The number of nitrogens with zero attached hydrogens (tertiary/aromatic N) is 3. The molecule has 2 aliphatic rings. The molecule has 0 aromatic heterocycles. The first kappa shape index (κ1) is 25.0.